The Labute approximate surface area is 136 Å². The number of benzene rings is 1. The van der Waals surface area contributed by atoms with Gasteiger partial charge in [0.2, 0.25) is 5.91 Å². The van der Waals surface area contributed by atoms with E-state index in [9.17, 15) is 19.8 Å². The van der Waals surface area contributed by atoms with Gasteiger partial charge in [0, 0.05) is 6.42 Å². The molecule has 1 fully saturated rings. The van der Waals surface area contributed by atoms with Gasteiger partial charge in [-0.05, 0) is 17.9 Å². The summed E-state index contributed by atoms with van der Waals surface area (Å²) in [5.74, 6) is -1.34. The number of aliphatic hydroxyl groups excluding tert-OH is 1. The molecule has 0 spiro atoms. The summed E-state index contributed by atoms with van der Waals surface area (Å²) >= 11 is 0. The average Bonchev–Trinajstić information content (AvgIpc) is 2.81. The lowest BCUT2D eigenvalue weighted by Gasteiger charge is -2.44. The second kappa shape index (κ2) is 5.96. The van der Waals surface area contributed by atoms with E-state index in [0.717, 1.165) is 5.56 Å². The molecule has 23 heavy (non-hydrogen) atoms. The number of nitrogens with zero attached hydrogens (tertiary/aromatic N) is 1. The average molecular weight is 319 g/mol. The van der Waals surface area contributed by atoms with E-state index in [4.69, 9.17) is 0 Å². The number of aliphatic carboxylic acids is 1. The van der Waals surface area contributed by atoms with E-state index in [1.165, 1.54) is 0 Å². The molecule has 0 aromatic heterocycles. The van der Waals surface area contributed by atoms with Crippen molar-refractivity contribution in [1.82, 2.24) is 4.90 Å². The highest BCUT2D eigenvalue weighted by molar-refractivity contribution is 5.90. The standard InChI is InChI=1S/C18H25NO4/c1-12(13-8-6-5-7-9-13)19-14(21)10-18(11-20,16(22)23)15(19)17(2,3)4/h5-9,12,15,20H,10-11H2,1-4H3,(H,22,23)/t12-,15?,18-/m1/s1. The lowest BCUT2D eigenvalue weighted by Crippen LogP contribution is -2.54. The first kappa shape index (κ1) is 17.5. The van der Waals surface area contributed by atoms with Gasteiger partial charge in [-0.25, -0.2) is 0 Å². The van der Waals surface area contributed by atoms with Crippen molar-refractivity contribution in [3.63, 3.8) is 0 Å². The van der Waals surface area contributed by atoms with Gasteiger partial charge in [-0.2, -0.15) is 0 Å². The molecule has 1 heterocycles. The molecule has 1 aliphatic rings. The predicted octanol–water partition coefficient (Wildman–Crippen LogP) is 2.46. The Morgan fingerprint density at radius 1 is 1.35 bits per heavy atom. The zero-order chi connectivity index (χ0) is 17.4. The summed E-state index contributed by atoms with van der Waals surface area (Å²) in [5, 5.41) is 19.6. The SMILES string of the molecule is C[C@H](c1ccccc1)N1C(=O)C[C@](CO)(C(=O)O)C1C(C)(C)C. The lowest BCUT2D eigenvalue weighted by atomic mass is 9.69. The molecule has 5 nitrogen and oxygen atoms in total. The molecular formula is C18H25NO4. The normalized spacial score (nSPS) is 26.4. The van der Waals surface area contributed by atoms with E-state index in [-0.39, 0.29) is 18.4 Å². The summed E-state index contributed by atoms with van der Waals surface area (Å²) in [5.41, 5.74) is -0.983. The van der Waals surface area contributed by atoms with Crippen LogP contribution in [0.25, 0.3) is 0 Å². The molecule has 1 amide bonds. The Kier molecular flexibility index (Phi) is 4.53. The van der Waals surface area contributed by atoms with Crippen LogP contribution in [0.3, 0.4) is 0 Å². The zero-order valence-electron chi connectivity index (χ0n) is 14.1. The molecule has 0 radical (unpaired) electrons. The number of carbonyl (C=O) groups excluding carboxylic acids is 1. The second-order valence-electron chi connectivity index (χ2n) is 7.45. The van der Waals surface area contributed by atoms with Crippen LogP contribution in [0.5, 0.6) is 0 Å². The van der Waals surface area contributed by atoms with E-state index >= 15 is 0 Å². The topological polar surface area (TPSA) is 77.8 Å². The van der Waals surface area contributed by atoms with Gasteiger partial charge in [-0.1, -0.05) is 51.1 Å². The van der Waals surface area contributed by atoms with Crippen LogP contribution in [-0.4, -0.2) is 39.6 Å². The molecule has 1 unspecified atom stereocenters. The molecule has 2 rings (SSSR count). The van der Waals surface area contributed by atoms with Gasteiger partial charge in [0.05, 0.1) is 18.7 Å². The Morgan fingerprint density at radius 2 is 1.91 bits per heavy atom. The van der Waals surface area contributed by atoms with E-state index < -0.39 is 29.4 Å². The Balaban J connectivity index is 2.53. The van der Waals surface area contributed by atoms with Gasteiger partial charge in [-0.15, -0.1) is 0 Å². The van der Waals surface area contributed by atoms with E-state index in [1.54, 1.807) is 4.90 Å². The maximum Gasteiger partial charge on any atom is 0.314 e. The fraction of sp³-hybridized carbons (Fsp3) is 0.556. The summed E-state index contributed by atoms with van der Waals surface area (Å²) in [7, 11) is 0. The summed E-state index contributed by atoms with van der Waals surface area (Å²) < 4.78 is 0. The number of carboxylic acids is 1. The number of rotatable bonds is 4. The van der Waals surface area contributed by atoms with Crippen molar-refractivity contribution in [3.8, 4) is 0 Å². The van der Waals surface area contributed by atoms with Crippen LogP contribution in [-0.2, 0) is 9.59 Å². The van der Waals surface area contributed by atoms with Gasteiger partial charge in [0.1, 0.15) is 5.41 Å². The van der Waals surface area contributed by atoms with Crippen LogP contribution in [0.4, 0.5) is 0 Å². The van der Waals surface area contributed by atoms with Crippen molar-refractivity contribution in [3.05, 3.63) is 35.9 Å². The molecule has 2 N–H and O–H groups in total. The van der Waals surface area contributed by atoms with Crippen molar-refractivity contribution in [2.45, 2.75) is 46.2 Å². The highest BCUT2D eigenvalue weighted by Gasteiger charge is 2.61. The first-order valence-electron chi connectivity index (χ1n) is 7.85. The van der Waals surface area contributed by atoms with Crippen LogP contribution in [0.15, 0.2) is 30.3 Å². The monoisotopic (exact) mass is 319 g/mol. The number of hydrogen-bond donors (Lipinski definition) is 2. The van der Waals surface area contributed by atoms with Crippen LogP contribution in [0.1, 0.15) is 45.7 Å². The molecule has 0 saturated carbocycles. The number of aliphatic hydroxyl groups is 1. The van der Waals surface area contributed by atoms with Crippen molar-refractivity contribution in [2.75, 3.05) is 6.61 Å². The first-order chi connectivity index (χ1) is 10.6. The Morgan fingerprint density at radius 3 is 2.35 bits per heavy atom. The summed E-state index contributed by atoms with van der Waals surface area (Å²) in [6, 6.07) is 8.72. The minimum Gasteiger partial charge on any atom is -0.481 e. The molecule has 1 aromatic rings. The molecule has 0 aliphatic carbocycles. The summed E-state index contributed by atoms with van der Waals surface area (Å²) in [6.07, 6.45) is -0.169. The molecule has 1 aliphatic heterocycles. The highest BCUT2D eigenvalue weighted by Crippen LogP contribution is 2.49. The number of amides is 1. The number of likely N-dealkylation sites (tertiary alicyclic amines) is 1. The van der Waals surface area contributed by atoms with E-state index in [1.807, 2.05) is 58.0 Å². The van der Waals surface area contributed by atoms with Crippen LogP contribution < -0.4 is 0 Å². The molecule has 0 bridgehead atoms. The smallest absolute Gasteiger partial charge is 0.314 e. The molecule has 1 aromatic carbocycles. The molecule has 1 saturated heterocycles. The van der Waals surface area contributed by atoms with Crippen molar-refractivity contribution < 1.29 is 19.8 Å². The lowest BCUT2D eigenvalue weighted by molar-refractivity contribution is -0.157. The Bertz CT molecular complexity index is 593. The summed E-state index contributed by atoms with van der Waals surface area (Å²) in [6.45, 7) is 7.09. The minimum absolute atomic E-state index is 0.169. The van der Waals surface area contributed by atoms with Crippen LogP contribution in [0.2, 0.25) is 0 Å². The second-order valence-corrected chi connectivity index (χ2v) is 7.45. The third-order valence-electron chi connectivity index (χ3n) is 4.78. The van der Waals surface area contributed by atoms with Gasteiger partial charge in [0.25, 0.3) is 0 Å². The fourth-order valence-electron chi connectivity index (χ4n) is 3.85. The number of carboxylic acid groups (broad SMARTS) is 1. The van der Waals surface area contributed by atoms with Crippen molar-refractivity contribution in [2.24, 2.45) is 10.8 Å². The number of carbonyl (C=O) groups is 2. The summed E-state index contributed by atoms with van der Waals surface area (Å²) in [4.78, 5) is 26.3. The molecule has 126 valence electrons. The van der Waals surface area contributed by atoms with Gasteiger partial charge in [0.15, 0.2) is 0 Å². The highest BCUT2D eigenvalue weighted by atomic mass is 16.4. The van der Waals surface area contributed by atoms with Gasteiger partial charge in [-0.3, -0.25) is 9.59 Å². The first-order valence-corrected chi connectivity index (χ1v) is 7.85. The van der Waals surface area contributed by atoms with Crippen molar-refractivity contribution in [1.29, 1.82) is 0 Å². The number of hydrogen-bond acceptors (Lipinski definition) is 3. The molecular weight excluding hydrogens is 294 g/mol. The maximum atomic E-state index is 12.7. The van der Waals surface area contributed by atoms with Crippen LogP contribution >= 0.6 is 0 Å². The zero-order valence-corrected chi connectivity index (χ0v) is 14.1. The maximum absolute atomic E-state index is 12.7. The van der Waals surface area contributed by atoms with Crippen LogP contribution in [0, 0.1) is 10.8 Å². The fourth-order valence-corrected chi connectivity index (χ4v) is 3.85. The predicted molar refractivity (Wildman–Crippen MR) is 86.7 cm³/mol. The largest absolute Gasteiger partial charge is 0.481 e. The third kappa shape index (κ3) is 2.85. The molecule has 5 heteroatoms. The Hall–Kier alpha value is -1.88. The minimum atomic E-state index is -1.46. The molecule has 3 atom stereocenters. The van der Waals surface area contributed by atoms with Gasteiger partial charge < -0.3 is 15.1 Å². The quantitative estimate of drug-likeness (QED) is 0.893. The van der Waals surface area contributed by atoms with E-state index in [2.05, 4.69) is 0 Å². The van der Waals surface area contributed by atoms with Gasteiger partial charge >= 0.3 is 5.97 Å². The third-order valence-corrected chi connectivity index (χ3v) is 4.78. The van der Waals surface area contributed by atoms with Crippen molar-refractivity contribution >= 4 is 11.9 Å². The van der Waals surface area contributed by atoms with E-state index in [0.29, 0.717) is 0 Å².